The van der Waals surface area contributed by atoms with Gasteiger partial charge in [-0.3, -0.25) is 4.98 Å². The van der Waals surface area contributed by atoms with Crippen LogP contribution in [0.15, 0.2) is 41.8 Å². The van der Waals surface area contributed by atoms with Gasteiger partial charge >= 0.3 is 0 Å². The van der Waals surface area contributed by atoms with E-state index in [1.165, 1.54) is 0 Å². The van der Waals surface area contributed by atoms with Crippen LogP contribution >= 0.6 is 0 Å². The molecule has 0 aliphatic carbocycles. The molecule has 0 amide bonds. The molecule has 0 radical (unpaired) electrons. The molecule has 0 aliphatic heterocycles. The van der Waals surface area contributed by atoms with Gasteiger partial charge in [-0.1, -0.05) is 5.16 Å². The molecule has 0 fully saturated rings. The summed E-state index contributed by atoms with van der Waals surface area (Å²) in [7, 11) is 0. The van der Waals surface area contributed by atoms with E-state index in [2.05, 4.69) is 10.1 Å². The number of aromatic nitrogens is 2. The summed E-state index contributed by atoms with van der Waals surface area (Å²) in [5.41, 5.74) is 8.07. The predicted molar refractivity (Wildman–Crippen MR) is 60.8 cm³/mol. The third-order valence-corrected chi connectivity index (χ3v) is 2.28. The number of nitrogens with zero attached hydrogens (tertiary/aromatic N) is 3. The maximum Gasteiger partial charge on any atom is 0.187 e. The van der Waals surface area contributed by atoms with Gasteiger partial charge in [-0.2, -0.15) is 0 Å². The van der Waals surface area contributed by atoms with Crippen LogP contribution in [0.4, 0.5) is 0 Å². The van der Waals surface area contributed by atoms with Gasteiger partial charge in [0.15, 0.2) is 5.84 Å². The highest BCUT2D eigenvalue weighted by atomic mass is 16.4. The first-order chi connectivity index (χ1) is 7.72. The van der Waals surface area contributed by atoms with Gasteiger partial charge in [0.2, 0.25) is 0 Å². The SMILES string of the molecule is Cc1cc(-n2cccc2/C(N)=N/O)ccn1. The van der Waals surface area contributed by atoms with E-state index in [9.17, 15) is 0 Å². The van der Waals surface area contributed by atoms with Gasteiger partial charge in [-0.05, 0) is 31.2 Å². The summed E-state index contributed by atoms with van der Waals surface area (Å²) in [6.45, 7) is 1.91. The number of amidine groups is 1. The van der Waals surface area contributed by atoms with E-state index in [1.54, 1.807) is 12.3 Å². The second-order valence-corrected chi connectivity index (χ2v) is 3.40. The van der Waals surface area contributed by atoms with Crippen LogP contribution in [0.2, 0.25) is 0 Å². The Morgan fingerprint density at radius 3 is 3.00 bits per heavy atom. The molecule has 0 bridgehead atoms. The molecule has 0 spiro atoms. The topological polar surface area (TPSA) is 76.4 Å². The monoisotopic (exact) mass is 216 g/mol. The van der Waals surface area contributed by atoms with Crippen LogP contribution < -0.4 is 5.73 Å². The Kier molecular flexibility index (Phi) is 2.59. The lowest BCUT2D eigenvalue weighted by atomic mass is 10.3. The standard InChI is InChI=1S/C11H12N4O/c1-8-7-9(4-5-13-8)15-6-2-3-10(15)11(12)14-16/h2-7,16H,1H3,(H2,12,14). The average Bonchev–Trinajstić information content (AvgIpc) is 2.77. The zero-order valence-corrected chi connectivity index (χ0v) is 8.83. The zero-order valence-electron chi connectivity index (χ0n) is 8.83. The summed E-state index contributed by atoms with van der Waals surface area (Å²) in [5, 5.41) is 11.7. The van der Waals surface area contributed by atoms with Crippen LogP contribution in [0.5, 0.6) is 0 Å². The maximum absolute atomic E-state index is 8.67. The molecule has 0 saturated heterocycles. The normalized spacial score (nSPS) is 11.7. The first-order valence-corrected chi connectivity index (χ1v) is 4.80. The van der Waals surface area contributed by atoms with Crippen molar-refractivity contribution in [1.29, 1.82) is 0 Å². The Balaban J connectivity index is 2.53. The van der Waals surface area contributed by atoms with Crippen molar-refractivity contribution in [3.8, 4) is 5.69 Å². The number of nitrogens with two attached hydrogens (primary N) is 1. The molecule has 5 nitrogen and oxygen atoms in total. The van der Waals surface area contributed by atoms with Crippen LogP contribution in [0, 0.1) is 6.92 Å². The van der Waals surface area contributed by atoms with E-state index < -0.39 is 0 Å². The van der Waals surface area contributed by atoms with Crippen LogP contribution in [-0.2, 0) is 0 Å². The molecule has 82 valence electrons. The molecule has 2 aromatic heterocycles. The number of hydrogen-bond donors (Lipinski definition) is 2. The van der Waals surface area contributed by atoms with Crippen molar-refractivity contribution >= 4 is 5.84 Å². The Bertz CT molecular complexity index is 530. The van der Waals surface area contributed by atoms with Gasteiger partial charge in [-0.15, -0.1) is 0 Å². The van der Waals surface area contributed by atoms with Gasteiger partial charge in [0.25, 0.3) is 0 Å². The largest absolute Gasteiger partial charge is 0.409 e. The van der Waals surface area contributed by atoms with E-state index in [1.807, 2.05) is 35.9 Å². The quantitative estimate of drug-likeness (QED) is 0.343. The second kappa shape index (κ2) is 4.06. The summed E-state index contributed by atoms with van der Waals surface area (Å²) in [4.78, 5) is 4.12. The number of rotatable bonds is 2. The van der Waals surface area contributed by atoms with Crippen LogP contribution in [0.25, 0.3) is 5.69 Å². The third-order valence-electron chi connectivity index (χ3n) is 2.28. The van der Waals surface area contributed by atoms with Crippen molar-refractivity contribution in [3.05, 3.63) is 48.0 Å². The molecule has 3 N–H and O–H groups in total. The Morgan fingerprint density at radius 1 is 1.50 bits per heavy atom. The minimum absolute atomic E-state index is 0.0828. The minimum Gasteiger partial charge on any atom is -0.409 e. The minimum atomic E-state index is 0.0828. The van der Waals surface area contributed by atoms with Gasteiger partial charge < -0.3 is 15.5 Å². The van der Waals surface area contributed by atoms with Gasteiger partial charge in [-0.25, -0.2) is 0 Å². The van der Waals surface area contributed by atoms with E-state index in [0.29, 0.717) is 5.69 Å². The molecule has 16 heavy (non-hydrogen) atoms. The number of aryl methyl sites for hydroxylation is 1. The van der Waals surface area contributed by atoms with E-state index in [4.69, 9.17) is 10.9 Å². The smallest absolute Gasteiger partial charge is 0.187 e. The fraction of sp³-hybridized carbons (Fsp3) is 0.0909. The van der Waals surface area contributed by atoms with Crippen molar-refractivity contribution in [2.75, 3.05) is 0 Å². The Labute approximate surface area is 92.8 Å². The highest BCUT2D eigenvalue weighted by Gasteiger charge is 2.07. The van der Waals surface area contributed by atoms with Crippen molar-refractivity contribution < 1.29 is 5.21 Å². The van der Waals surface area contributed by atoms with Gasteiger partial charge in [0.05, 0.1) is 5.69 Å². The third kappa shape index (κ3) is 1.75. The molecular formula is C11H12N4O. The van der Waals surface area contributed by atoms with Gasteiger partial charge in [0, 0.05) is 23.8 Å². The van der Waals surface area contributed by atoms with Crippen LogP contribution in [0.1, 0.15) is 11.4 Å². The van der Waals surface area contributed by atoms with E-state index >= 15 is 0 Å². The molecule has 2 aromatic rings. The lowest BCUT2D eigenvalue weighted by Crippen LogP contribution is -2.17. The predicted octanol–water partition coefficient (Wildman–Crippen LogP) is 1.28. The molecule has 0 aliphatic rings. The fourth-order valence-corrected chi connectivity index (χ4v) is 1.55. The highest BCUT2D eigenvalue weighted by molar-refractivity contribution is 5.96. The van der Waals surface area contributed by atoms with Crippen molar-refractivity contribution in [2.45, 2.75) is 6.92 Å². The number of pyridine rings is 1. The first-order valence-electron chi connectivity index (χ1n) is 4.80. The molecule has 2 heterocycles. The summed E-state index contributed by atoms with van der Waals surface area (Å²) < 4.78 is 1.84. The molecule has 0 aromatic carbocycles. The first kappa shape index (κ1) is 10.2. The molecule has 0 atom stereocenters. The Hall–Kier alpha value is -2.30. The summed E-state index contributed by atoms with van der Waals surface area (Å²) in [6, 6.07) is 7.41. The molecule has 5 heteroatoms. The molecule has 0 unspecified atom stereocenters. The van der Waals surface area contributed by atoms with Crippen LogP contribution in [0.3, 0.4) is 0 Å². The molecule has 2 rings (SSSR count). The summed E-state index contributed by atoms with van der Waals surface area (Å²) in [6.07, 6.45) is 3.57. The lowest BCUT2D eigenvalue weighted by molar-refractivity contribution is 0.318. The van der Waals surface area contributed by atoms with Crippen molar-refractivity contribution in [1.82, 2.24) is 9.55 Å². The van der Waals surface area contributed by atoms with Gasteiger partial charge in [0.1, 0.15) is 0 Å². The van der Waals surface area contributed by atoms with E-state index in [-0.39, 0.29) is 5.84 Å². The number of oxime groups is 1. The summed E-state index contributed by atoms with van der Waals surface area (Å²) in [5.74, 6) is 0.0828. The fourth-order valence-electron chi connectivity index (χ4n) is 1.55. The lowest BCUT2D eigenvalue weighted by Gasteiger charge is -2.08. The second-order valence-electron chi connectivity index (χ2n) is 3.40. The highest BCUT2D eigenvalue weighted by Crippen LogP contribution is 2.12. The molecular weight excluding hydrogens is 204 g/mol. The van der Waals surface area contributed by atoms with Crippen molar-refractivity contribution in [2.24, 2.45) is 10.9 Å². The van der Waals surface area contributed by atoms with E-state index in [0.717, 1.165) is 11.4 Å². The van der Waals surface area contributed by atoms with Crippen molar-refractivity contribution in [3.63, 3.8) is 0 Å². The summed E-state index contributed by atoms with van der Waals surface area (Å²) >= 11 is 0. The number of hydrogen-bond acceptors (Lipinski definition) is 3. The zero-order chi connectivity index (χ0) is 11.5. The average molecular weight is 216 g/mol. The Morgan fingerprint density at radius 2 is 2.31 bits per heavy atom. The molecule has 0 saturated carbocycles. The van der Waals surface area contributed by atoms with Crippen LogP contribution in [-0.4, -0.2) is 20.6 Å². The maximum atomic E-state index is 8.67.